The van der Waals surface area contributed by atoms with Crippen molar-refractivity contribution in [1.29, 1.82) is 0 Å². The normalized spacial score (nSPS) is 13.2. The molecule has 2 aromatic rings. The van der Waals surface area contributed by atoms with Gasteiger partial charge in [-0.25, -0.2) is 0 Å². The maximum atomic E-state index is 6.10. The van der Waals surface area contributed by atoms with Gasteiger partial charge in [0.05, 0.1) is 0 Å². The summed E-state index contributed by atoms with van der Waals surface area (Å²) in [6.45, 7) is 2.10. The lowest BCUT2D eigenvalue weighted by molar-refractivity contribution is 1.55. The van der Waals surface area contributed by atoms with Gasteiger partial charge in [0.2, 0.25) is 0 Å². The third kappa shape index (κ3) is 1.41. The fourth-order valence-corrected chi connectivity index (χ4v) is 2.87. The number of benzene rings is 1. The van der Waals surface area contributed by atoms with Crippen molar-refractivity contribution in [3.05, 3.63) is 46.3 Å². The van der Waals surface area contributed by atoms with Gasteiger partial charge in [0.15, 0.2) is 0 Å². The van der Waals surface area contributed by atoms with Gasteiger partial charge in [-0.05, 0) is 25.1 Å². The average molecular weight is 228 g/mol. The Balaban J connectivity index is 2.24. The van der Waals surface area contributed by atoms with Gasteiger partial charge in [0.25, 0.3) is 0 Å². The SMILES string of the molecule is Cc1cc2c(s1)Nc1ccccc1C=C2N. The van der Waals surface area contributed by atoms with Crippen molar-refractivity contribution in [3.63, 3.8) is 0 Å². The van der Waals surface area contributed by atoms with Crippen LogP contribution in [0.4, 0.5) is 10.7 Å². The van der Waals surface area contributed by atoms with Crippen molar-refractivity contribution in [1.82, 2.24) is 0 Å². The Bertz CT molecular complexity index is 581. The first-order chi connectivity index (χ1) is 7.74. The van der Waals surface area contributed by atoms with Crippen molar-refractivity contribution in [2.24, 2.45) is 5.73 Å². The molecule has 3 rings (SSSR count). The molecule has 0 bridgehead atoms. The van der Waals surface area contributed by atoms with E-state index in [9.17, 15) is 0 Å². The molecule has 1 aromatic heterocycles. The lowest BCUT2D eigenvalue weighted by atomic mass is 10.1. The Morgan fingerprint density at radius 1 is 1.25 bits per heavy atom. The molecule has 3 N–H and O–H groups in total. The molecule has 0 unspecified atom stereocenters. The Morgan fingerprint density at radius 2 is 2.06 bits per heavy atom. The number of hydrogen-bond acceptors (Lipinski definition) is 3. The van der Waals surface area contributed by atoms with E-state index in [4.69, 9.17) is 5.73 Å². The average Bonchev–Trinajstić information content (AvgIpc) is 2.57. The second-order valence-corrected chi connectivity index (χ2v) is 5.17. The molecule has 0 saturated carbocycles. The zero-order chi connectivity index (χ0) is 11.1. The highest BCUT2D eigenvalue weighted by atomic mass is 32.1. The summed E-state index contributed by atoms with van der Waals surface area (Å²) in [7, 11) is 0. The standard InChI is InChI=1S/C13H12N2S/c1-8-6-10-11(14)7-9-4-2-3-5-12(9)15-13(10)16-8/h2-7,15H,14H2,1H3. The van der Waals surface area contributed by atoms with Crippen molar-refractivity contribution in [2.75, 3.05) is 5.32 Å². The van der Waals surface area contributed by atoms with Crippen LogP contribution in [0.1, 0.15) is 16.0 Å². The van der Waals surface area contributed by atoms with Gasteiger partial charge >= 0.3 is 0 Å². The molecule has 16 heavy (non-hydrogen) atoms. The number of para-hydroxylation sites is 1. The molecule has 0 fully saturated rings. The van der Waals surface area contributed by atoms with Gasteiger partial charge in [0.1, 0.15) is 5.00 Å². The Kier molecular flexibility index (Phi) is 2.01. The highest BCUT2D eigenvalue weighted by Crippen LogP contribution is 2.38. The summed E-state index contributed by atoms with van der Waals surface area (Å²) in [4.78, 5) is 1.27. The predicted molar refractivity (Wildman–Crippen MR) is 70.8 cm³/mol. The molecule has 2 heterocycles. The van der Waals surface area contributed by atoms with Crippen LogP contribution in [0.5, 0.6) is 0 Å². The molecule has 3 heteroatoms. The van der Waals surface area contributed by atoms with Crippen molar-refractivity contribution in [2.45, 2.75) is 6.92 Å². The number of fused-ring (bicyclic) bond motifs is 2. The van der Waals surface area contributed by atoms with E-state index >= 15 is 0 Å². The lowest BCUT2D eigenvalue weighted by Crippen LogP contribution is -1.94. The number of nitrogens with one attached hydrogen (secondary N) is 1. The highest BCUT2D eigenvalue weighted by molar-refractivity contribution is 7.16. The number of thiophene rings is 1. The van der Waals surface area contributed by atoms with E-state index in [2.05, 4.69) is 30.4 Å². The summed E-state index contributed by atoms with van der Waals surface area (Å²) in [5.41, 5.74) is 10.3. The van der Waals surface area contributed by atoms with E-state index in [1.807, 2.05) is 18.2 Å². The molecule has 0 saturated heterocycles. The topological polar surface area (TPSA) is 38.0 Å². The van der Waals surface area contributed by atoms with Crippen LogP contribution >= 0.6 is 11.3 Å². The quantitative estimate of drug-likeness (QED) is 0.723. The number of anilines is 2. The summed E-state index contributed by atoms with van der Waals surface area (Å²) >= 11 is 1.74. The van der Waals surface area contributed by atoms with Crippen LogP contribution in [0, 0.1) is 6.92 Å². The summed E-state index contributed by atoms with van der Waals surface area (Å²) in [5.74, 6) is 0. The van der Waals surface area contributed by atoms with Crippen LogP contribution in [0.25, 0.3) is 11.8 Å². The first-order valence-corrected chi connectivity index (χ1v) is 6.00. The van der Waals surface area contributed by atoms with Gasteiger partial charge < -0.3 is 11.1 Å². The second kappa shape index (κ2) is 3.39. The Hall–Kier alpha value is -1.74. The predicted octanol–water partition coefficient (Wildman–Crippen LogP) is 3.57. The van der Waals surface area contributed by atoms with E-state index < -0.39 is 0 Å². The first-order valence-electron chi connectivity index (χ1n) is 5.18. The maximum Gasteiger partial charge on any atom is 0.102 e. The molecule has 1 aliphatic heterocycles. The monoisotopic (exact) mass is 228 g/mol. The number of aryl methyl sites for hydroxylation is 1. The zero-order valence-corrected chi connectivity index (χ0v) is 9.77. The van der Waals surface area contributed by atoms with Crippen LogP contribution < -0.4 is 11.1 Å². The van der Waals surface area contributed by atoms with Crippen LogP contribution in [0.2, 0.25) is 0 Å². The maximum absolute atomic E-state index is 6.10. The van der Waals surface area contributed by atoms with Crippen LogP contribution in [-0.4, -0.2) is 0 Å². The van der Waals surface area contributed by atoms with E-state index in [1.54, 1.807) is 11.3 Å². The van der Waals surface area contributed by atoms with E-state index in [0.717, 1.165) is 27.5 Å². The molecule has 0 atom stereocenters. The molecule has 0 amide bonds. The number of hydrogen-bond donors (Lipinski definition) is 2. The summed E-state index contributed by atoms with van der Waals surface area (Å²) in [6.07, 6.45) is 2.03. The van der Waals surface area contributed by atoms with E-state index in [-0.39, 0.29) is 0 Å². The fourth-order valence-electron chi connectivity index (χ4n) is 1.93. The molecule has 0 aliphatic carbocycles. The molecule has 0 radical (unpaired) electrons. The van der Waals surface area contributed by atoms with Crippen molar-refractivity contribution >= 4 is 33.8 Å². The highest BCUT2D eigenvalue weighted by Gasteiger charge is 2.14. The summed E-state index contributed by atoms with van der Waals surface area (Å²) in [5, 5.41) is 4.58. The fraction of sp³-hybridized carbons (Fsp3) is 0.0769. The minimum atomic E-state index is 0.830. The molecular weight excluding hydrogens is 216 g/mol. The molecule has 1 aromatic carbocycles. The molecule has 1 aliphatic rings. The number of nitrogens with two attached hydrogens (primary N) is 1. The smallest absolute Gasteiger partial charge is 0.102 e. The molecular formula is C13H12N2S. The van der Waals surface area contributed by atoms with Gasteiger partial charge in [-0.3, -0.25) is 0 Å². The summed E-state index contributed by atoms with van der Waals surface area (Å²) in [6, 6.07) is 10.3. The van der Waals surface area contributed by atoms with Gasteiger partial charge in [0, 0.05) is 27.4 Å². The molecule has 80 valence electrons. The summed E-state index contributed by atoms with van der Waals surface area (Å²) < 4.78 is 0. The van der Waals surface area contributed by atoms with Crippen molar-refractivity contribution in [3.8, 4) is 0 Å². The molecule has 0 spiro atoms. The first kappa shape index (κ1) is 9.48. The third-order valence-electron chi connectivity index (χ3n) is 2.69. The molecule has 2 nitrogen and oxygen atoms in total. The number of rotatable bonds is 0. The van der Waals surface area contributed by atoms with Gasteiger partial charge in [-0.2, -0.15) is 0 Å². The van der Waals surface area contributed by atoms with Crippen LogP contribution in [0.3, 0.4) is 0 Å². The zero-order valence-electron chi connectivity index (χ0n) is 8.95. The van der Waals surface area contributed by atoms with Crippen molar-refractivity contribution < 1.29 is 0 Å². The largest absolute Gasteiger partial charge is 0.398 e. The lowest BCUT2D eigenvalue weighted by Gasteiger charge is -2.05. The van der Waals surface area contributed by atoms with Crippen LogP contribution in [-0.2, 0) is 0 Å². The van der Waals surface area contributed by atoms with Gasteiger partial charge in [-0.1, -0.05) is 18.2 Å². The Morgan fingerprint density at radius 3 is 2.94 bits per heavy atom. The van der Waals surface area contributed by atoms with Gasteiger partial charge in [-0.15, -0.1) is 11.3 Å². The van der Waals surface area contributed by atoms with E-state index in [1.165, 1.54) is 4.88 Å². The Labute approximate surface area is 98.4 Å². The van der Waals surface area contributed by atoms with Crippen LogP contribution in [0.15, 0.2) is 30.3 Å². The minimum absolute atomic E-state index is 0.830. The second-order valence-electron chi connectivity index (χ2n) is 3.91. The third-order valence-corrected chi connectivity index (χ3v) is 3.65. The minimum Gasteiger partial charge on any atom is -0.398 e. The van der Waals surface area contributed by atoms with E-state index in [0.29, 0.717) is 0 Å².